The van der Waals surface area contributed by atoms with Gasteiger partial charge in [0.25, 0.3) is 0 Å². The normalized spacial score (nSPS) is 12.0. The molecule has 0 fully saturated rings. The lowest BCUT2D eigenvalue weighted by atomic mass is 9.97. The molecule has 6 heteroatoms. The van der Waals surface area contributed by atoms with Gasteiger partial charge in [-0.05, 0) is 78.6 Å². The number of benzene rings is 2. The number of aromatic nitrogens is 4. The van der Waals surface area contributed by atoms with Gasteiger partial charge in [0.05, 0.1) is 16.9 Å². The van der Waals surface area contributed by atoms with Gasteiger partial charge >= 0.3 is 0 Å². The van der Waals surface area contributed by atoms with Gasteiger partial charge < -0.3 is 10.3 Å². The minimum atomic E-state index is -0.292. The van der Waals surface area contributed by atoms with Crippen molar-refractivity contribution in [2.75, 3.05) is 0 Å². The summed E-state index contributed by atoms with van der Waals surface area (Å²) in [5.74, 6) is -0.292. The third kappa shape index (κ3) is 7.73. The molecule has 0 aliphatic heterocycles. The zero-order chi connectivity index (χ0) is 32.3. The fourth-order valence-electron chi connectivity index (χ4n) is 5.04. The molecular formula is C39H40FN5. The number of H-pyrrole nitrogens is 2. The first-order chi connectivity index (χ1) is 21.9. The van der Waals surface area contributed by atoms with E-state index in [0.717, 1.165) is 61.8 Å². The molecule has 3 N–H and O–H groups in total. The number of aromatic amines is 2. The Morgan fingerprint density at radius 2 is 1.78 bits per heavy atom. The Morgan fingerprint density at radius 1 is 1.00 bits per heavy atom. The van der Waals surface area contributed by atoms with Crippen LogP contribution in [0.15, 0.2) is 134 Å². The molecule has 3 heterocycles. The summed E-state index contributed by atoms with van der Waals surface area (Å²) in [6, 6.07) is 22.7. The number of halogens is 1. The van der Waals surface area contributed by atoms with E-state index in [-0.39, 0.29) is 5.82 Å². The number of fused-ring (bicyclic) bond motifs is 1. The monoisotopic (exact) mass is 597 g/mol. The molecule has 0 aliphatic rings. The van der Waals surface area contributed by atoms with Crippen LogP contribution in [0.4, 0.5) is 4.39 Å². The fraction of sp³-hybridized carbons (Fsp3) is 0.128. The maximum absolute atomic E-state index is 14.1. The van der Waals surface area contributed by atoms with Crippen molar-refractivity contribution in [2.24, 2.45) is 0 Å². The highest BCUT2D eigenvalue weighted by atomic mass is 19.1. The predicted molar refractivity (Wildman–Crippen MR) is 188 cm³/mol. The second-order valence-corrected chi connectivity index (χ2v) is 10.2. The second kappa shape index (κ2) is 15.3. The van der Waals surface area contributed by atoms with Crippen LogP contribution in [0.25, 0.3) is 33.6 Å². The number of rotatable bonds is 11. The Morgan fingerprint density at radius 3 is 2.47 bits per heavy atom. The largest absolute Gasteiger partial charge is 0.359 e. The summed E-state index contributed by atoms with van der Waals surface area (Å²) in [5, 5.41) is 11.1. The Bertz CT molecular complexity index is 1900. The molecule has 0 atom stereocenters. The first kappa shape index (κ1) is 32.4. The number of nitrogens with one attached hydrogen (secondary N) is 3. The van der Waals surface area contributed by atoms with Gasteiger partial charge in [0.15, 0.2) is 0 Å². The first-order valence-electron chi connectivity index (χ1n) is 15.0. The van der Waals surface area contributed by atoms with E-state index in [2.05, 4.69) is 52.4 Å². The van der Waals surface area contributed by atoms with Gasteiger partial charge in [0.2, 0.25) is 0 Å². The third-order valence-electron chi connectivity index (χ3n) is 7.11. The van der Waals surface area contributed by atoms with Gasteiger partial charge in [-0.3, -0.25) is 5.10 Å². The highest BCUT2D eigenvalue weighted by Gasteiger charge is 2.18. The van der Waals surface area contributed by atoms with Gasteiger partial charge in [-0.2, -0.15) is 5.10 Å². The molecule has 0 saturated carbocycles. The summed E-state index contributed by atoms with van der Waals surface area (Å²) in [5.41, 5.74) is 11.1. The number of aryl methyl sites for hydroxylation is 1. The number of pyridine rings is 1. The molecule has 2 aromatic carbocycles. The molecule has 0 saturated heterocycles. The SMILES string of the molecule is C=C/C=C(/c1cccc(F)c1)c1cc(-c2n[nH]c3ccc(C(/C=C(\C=C)NC(=C)Cc4ccccc4)=C/C)nc23)[nH]c1C.CC. The Hall–Kier alpha value is -5.49. The van der Waals surface area contributed by atoms with Gasteiger partial charge in [0, 0.05) is 29.1 Å². The van der Waals surface area contributed by atoms with Crippen LogP contribution in [0.3, 0.4) is 0 Å². The highest BCUT2D eigenvalue weighted by molar-refractivity contribution is 5.92. The minimum absolute atomic E-state index is 0.292. The maximum Gasteiger partial charge on any atom is 0.135 e. The fourth-order valence-corrected chi connectivity index (χ4v) is 5.04. The van der Waals surface area contributed by atoms with Gasteiger partial charge in [0.1, 0.15) is 17.0 Å². The summed E-state index contributed by atoms with van der Waals surface area (Å²) in [6.07, 6.45) is 10.1. The molecule has 0 amide bonds. The van der Waals surface area contributed by atoms with Crippen LogP contribution in [0.5, 0.6) is 0 Å². The molecule has 45 heavy (non-hydrogen) atoms. The molecule has 0 aliphatic carbocycles. The molecule has 0 spiro atoms. The van der Waals surface area contributed by atoms with Crippen LogP contribution in [0, 0.1) is 12.7 Å². The standard InChI is InChI=1S/C37H34FN5.C2H6/c1-6-13-31(28-16-12-17-29(38)21-28)32-23-35(40-25(32)5)37-36-34(42-43-37)19-18-33(41-36)27(7-2)22-30(8-3)39-24(4)20-26-14-10-9-11-15-26;1-2/h6-19,21-23,39-40H,1,3-4,20H2,2,5H3,(H,42,43);1-2H3/b27-7+,30-22+,31-13-;. The number of hydrogen-bond donors (Lipinski definition) is 3. The molecule has 5 aromatic rings. The van der Waals surface area contributed by atoms with Gasteiger partial charge in [-0.1, -0.05) is 94.3 Å². The predicted octanol–water partition coefficient (Wildman–Crippen LogP) is 9.86. The van der Waals surface area contributed by atoms with E-state index >= 15 is 0 Å². The van der Waals surface area contributed by atoms with E-state index in [4.69, 9.17) is 4.98 Å². The van der Waals surface area contributed by atoms with Crippen LogP contribution in [-0.4, -0.2) is 20.2 Å². The molecule has 228 valence electrons. The van der Waals surface area contributed by atoms with Crippen molar-refractivity contribution in [3.05, 3.63) is 168 Å². The second-order valence-electron chi connectivity index (χ2n) is 10.2. The van der Waals surface area contributed by atoms with Crippen molar-refractivity contribution in [2.45, 2.75) is 34.1 Å². The van der Waals surface area contributed by atoms with E-state index in [1.165, 1.54) is 17.7 Å². The van der Waals surface area contributed by atoms with Crippen LogP contribution >= 0.6 is 0 Å². The lowest BCUT2D eigenvalue weighted by molar-refractivity contribution is 0.627. The molecule has 5 nitrogen and oxygen atoms in total. The van der Waals surface area contributed by atoms with Crippen LogP contribution in [0.1, 0.15) is 48.8 Å². The topological polar surface area (TPSA) is 69.4 Å². The summed E-state index contributed by atoms with van der Waals surface area (Å²) in [7, 11) is 0. The van der Waals surface area contributed by atoms with E-state index < -0.39 is 0 Å². The van der Waals surface area contributed by atoms with Crippen molar-refractivity contribution in [1.29, 1.82) is 0 Å². The summed E-state index contributed by atoms with van der Waals surface area (Å²) >= 11 is 0. The highest BCUT2D eigenvalue weighted by Crippen LogP contribution is 2.33. The number of allylic oxidation sites excluding steroid dienone is 7. The van der Waals surface area contributed by atoms with Crippen molar-refractivity contribution in [1.82, 2.24) is 25.5 Å². The van der Waals surface area contributed by atoms with E-state index in [9.17, 15) is 4.39 Å². The summed E-state index contributed by atoms with van der Waals surface area (Å²) < 4.78 is 14.1. The molecule has 0 bridgehead atoms. The third-order valence-corrected chi connectivity index (χ3v) is 7.11. The lowest BCUT2D eigenvalue weighted by Gasteiger charge is -2.12. The van der Waals surface area contributed by atoms with Crippen molar-refractivity contribution in [3.8, 4) is 11.4 Å². The Kier molecular flexibility index (Phi) is 11.0. The summed E-state index contributed by atoms with van der Waals surface area (Å²) in [4.78, 5) is 8.47. The molecule has 0 radical (unpaired) electrons. The van der Waals surface area contributed by atoms with Crippen molar-refractivity contribution < 1.29 is 4.39 Å². The lowest BCUT2D eigenvalue weighted by Crippen LogP contribution is -2.12. The van der Waals surface area contributed by atoms with E-state index in [1.54, 1.807) is 18.2 Å². The average molecular weight is 598 g/mol. The summed E-state index contributed by atoms with van der Waals surface area (Å²) in [6.45, 7) is 20.0. The zero-order valence-electron chi connectivity index (χ0n) is 26.4. The number of nitrogens with zero attached hydrogens (tertiary/aromatic N) is 2. The van der Waals surface area contributed by atoms with Crippen molar-refractivity contribution in [3.63, 3.8) is 0 Å². The van der Waals surface area contributed by atoms with Crippen LogP contribution < -0.4 is 5.32 Å². The Balaban J connectivity index is 0.00000226. The molecular weight excluding hydrogens is 557 g/mol. The number of hydrogen-bond acceptors (Lipinski definition) is 3. The zero-order valence-corrected chi connectivity index (χ0v) is 26.4. The molecule has 3 aromatic heterocycles. The molecule has 5 rings (SSSR count). The van der Waals surface area contributed by atoms with E-state index in [0.29, 0.717) is 12.1 Å². The smallest absolute Gasteiger partial charge is 0.135 e. The molecule has 0 unspecified atom stereocenters. The van der Waals surface area contributed by atoms with Gasteiger partial charge in [-0.25, -0.2) is 9.37 Å². The van der Waals surface area contributed by atoms with E-state index in [1.807, 2.05) is 88.4 Å². The quantitative estimate of drug-likeness (QED) is 0.133. The minimum Gasteiger partial charge on any atom is -0.359 e. The van der Waals surface area contributed by atoms with Crippen LogP contribution in [-0.2, 0) is 6.42 Å². The maximum atomic E-state index is 14.1. The average Bonchev–Trinajstić information content (AvgIpc) is 3.66. The van der Waals surface area contributed by atoms with Crippen LogP contribution in [0.2, 0.25) is 0 Å². The first-order valence-corrected chi connectivity index (χ1v) is 15.0. The van der Waals surface area contributed by atoms with Gasteiger partial charge in [-0.15, -0.1) is 0 Å². The Labute approximate surface area is 265 Å². The van der Waals surface area contributed by atoms with Crippen molar-refractivity contribution >= 4 is 22.2 Å².